The molecule has 25 heavy (non-hydrogen) atoms. The maximum atomic E-state index is 12.0. The predicted molar refractivity (Wildman–Crippen MR) is 89.2 cm³/mol. The van der Waals surface area contributed by atoms with Crippen LogP contribution in [0.1, 0.15) is 11.6 Å². The van der Waals surface area contributed by atoms with Gasteiger partial charge in [-0.15, -0.1) is 0 Å². The summed E-state index contributed by atoms with van der Waals surface area (Å²) < 4.78 is 1.56. The van der Waals surface area contributed by atoms with Crippen molar-refractivity contribution in [1.82, 2.24) is 14.4 Å². The zero-order valence-corrected chi connectivity index (χ0v) is 13.5. The average Bonchev–Trinajstić information content (AvgIpc) is 2.93. The number of benzene rings is 1. The van der Waals surface area contributed by atoms with Crippen LogP contribution in [0.4, 0.5) is 0 Å². The Balaban J connectivity index is 2.01. The fourth-order valence-corrected chi connectivity index (χ4v) is 3.36. The Bertz CT molecular complexity index is 808. The third kappa shape index (κ3) is 3.34. The molecule has 3 rings (SSSR count). The Morgan fingerprint density at radius 1 is 1.12 bits per heavy atom. The van der Waals surface area contributed by atoms with Crippen molar-refractivity contribution < 1.29 is 24.6 Å². The van der Waals surface area contributed by atoms with Crippen LogP contribution in [0.2, 0.25) is 0 Å². The minimum Gasteiger partial charge on any atom is -0.480 e. The lowest BCUT2D eigenvalue weighted by Gasteiger charge is -2.36. The molecule has 1 aromatic heterocycles. The van der Waals surface area contributed by atoms with Gasteiger partial charge < -0.3 is 19.7 Å². The summed E-state index contributed by atoms with van der Waals surface area (Å²) in [5, 5.41) is 19.6. The molecule has 8 nitrogen and oxygen atoms in total. The number of para-hydroxylation sites is 1. The molecule has 1 aliphatic rings. The number of carboxylic acids is 2. The van der Waals surface area contributed by atoms with Gasteiger partial charge in [0.1, 0.15) is 12.6 Å². The smallest absolute Gasteiger partial charge is 0.325 e. The van der Waals surface area contributed by atoms with Crippen LogP contribution in [-0.4, -0.2) is 69.1 Å². The van der Waals surface area contributed by atoms with Crippen molar-refractivity contribution >= 4 is 29.3 Å². The van der Waals surface area contributed by atoms with Crippen molar-refractivity contribution in [2.24, 2.45) is 0 Å². The minimum atomic E-state index is -0.988. The van der Waals surface area contributed by atoms with Gasteiger partial charge in [0, 0.05) is 48.8 Å². The van der Waals surface area contributed by atoms with Crippen LogP contribution < -0.4 is 0 Å². The lowest BCUT2D eigenvalue weighted by atomic mass is 10.0. The highest BCUT2D eigenvalue weighted by molar-refractivity contribution is 5.90. The number of carbonyl (C=O) groups excluding carboxylic acids is 1. The molecule has 0 bridgehead atoms. The molecule has 0 unspecified atom stereocenters. The third-order valence-electron chi connectivity index (χ3n) is 4.52. The standard InChI is InChI=1S/C17H19N3O5/c21-11-18-5-7-19(8-6-18)16(17(24)25)13-9-20(10-15(22)23)14-4-2-1-3-12(13)14/h1-4,9,11,16H,5-8,10H2,(H,22,23)(H,24,25)/t16-/m1/s1. The second-order valence-electron chi connectivity index (χ2n) is 6.04. The average molecular weight is 345 g/mol. The van der Waals surface area contributed by atoms with Crippen molar-refractivity contribution in [3.8, 4) is 0 Å². The fraction of sp³-hybridized carbons (Fsp3) is 0.353. The van der Waals surface area contributed by atoms with E-state index in [9.17, 15) is 19.5 Å². The number of aliphatic carboxylic acids is 2. The predicted octanol–water partition coefficient (Wildman–Crippen LogP) is 0.626. The van der Waals surface area contributed by atoms with E-state index in [1.807, 2.05) is 4.90 Å². The molecule has 2 N–H and O–H groups in total. The third-order valence-corrected chi connectivity index (χ3v) is 4.52. The van der Waals surface area contributed by atoms with Crippen LogP contribution in [0.25, 0.3) is 10.9 Å². The number of nitrogens with zero attached hydrogens (tertiary/aromatic N) is 3. The summed E-state index contributed by atoms with van der Waals surface area (Å²) in [4.78, 5) is 37.4. The summed E-state index contributed by atoms with van der Waals surface area (Å²) in [6, 6.07) is 6.31. The van der Waals surface area contributed by atoms with E-state index in [-0.39, 0.29) is 6.54 Å². The Morgan fingerprint density at radius 2 is 1.80 bits per heavy atom. The maximum absolute atomic E-state index is 12.0. The van der Waals surface area contributed by atoms with E-state index in [2.05, 4.69) is 0 Å². The first kappa shape index (κ1) is 17.0. The first-order valence-electron chi connectivity index (χ1n) is 7.97. The van der Waals surface area contributed by atoms with Crippen LogP contribution in [0.3, 0.4) is 0 Å². The quantitative estimate of drug-likeness (QED) is 0.744. The Kier molecular flexibility index (Phi) is 4.71. The lowest BCUT2D eigenvalue weighted by molar-refractivity contribution is -0.144. The fourth-order valence-electron chi connectivity index (χ4n) is 3.36. The number of rotatable bonds is 6. The van der Waals surface area contributed by atoms with Gasteiger partial charge >= 0.3 is 11.9 Å². The molecule has 2 heterocycles. The molecule has 1 aromatic carbocycles. The van der Waals surface area contributed by atoms with E-state index in [1.54, 1.807) is 39.9 Å². The molecule has 0 radical (unpaired) electrons. The number of aromatic nitrogens is 1. The SMILES string of the molecule is O=CN1CCN([C@@H](C(=O)O)c2cn(CC(=O)O)c3ccccc23)CC1. The molecule has 0 saturated carbocycles. The minimum absolute atomic E-state index is 0.230. The normalized spacial score (nSPS) is 16.7. The van der Waals surface area contributed by atoms with Gasteiger partial charge in [0.05, 0.1) is 0 Å². The molecular formula is C17H19N3O5. The maximum Gasteiger partial charge on any atom is 0.325 e. The molecule has 8 heteroatoms. The van der Waals surface area contributed by atoms with Crippen LogP contribution >= 0.6 is 0 Å². The van der Waals surface area contributed by atoms with Gasteiger partial charge in [-0.05, 0) is 6.07 Å². The van der Waals surface area contributed by atoms with E-state index >= 15 is 0 Å². The lowest BCUT2D eigenvalue weighted by Crippen LogP contribution is -2.48. The van der Waals surface area contributed by atoms with Gasteiger partial charge in [0.2, 0.25) is 6.41 Å². The number of carboxylic acid groups (broad SMARTS) is 2. The zero-order chi connectivity index (χ0) is 18.0. The number of hydrogen-bond donors (Lipinski definition) is 2. The molecule has 1 atom stereocenters. The summed E-state index contributed by atoms with van der Waals surface area (Å²) in [5.74, 6) is -1.98. The van der Waals surface area contributed by atoms with Crippen LogP contribution in [0.15, 0.2) is 30.5 Å². The van der Waals surface area contributed by atoms with Gasteiger partial charge in [-0.2, -0.15) is 0 Å². The van der Waals surface area contributed by atoms with E-state index in [4.69, 9.17) is 5.11 Å². The summed E-state index contributed by atoms with van der Waals surface area (Å²) in [6.45, 7) is 1.62. The van der Waals surface area contributed by atoms with Gasteiger partial charge in [0.15, 0.2) is 0 Å². The number of hydrogen-bond acceptors (Lipinski definition) is 4. The molecule has 0 spiro atoms. The first-order chi connectivity index (χ1) is 12.0. The van der Waals surface area contributed by atoms with E-state index in [1.165, 1.54) is 0 Å². The summed E-state index contributed by atoms with van der Waals surface area (Å²) in [6.07, 6.45) is 2.38. The second-order valence-corrected chi connectivity index (χ2v) is 6.04. The highest BCUT2D eigenvalue weighted by Gasteiger charge is 2.32. The van der Waals surface area contributed by atoms with E-state index < -0.39 is 18.0 Å². The first-order valence-corrected chi connectivity index (χ1v) is 7.97. The second kappa shape index (κ2) is 6.94. The van der Waals surface area contributed by atoms with Gasteiger partial charge in [-0.25, -0.2) is 0 Å². The van der Waals surface area contributed by atoms with Crippen molar-refractivity contribution in [2.45, 2.75) is 12.6 Å². The Hall–Kier alpha value is -2.87. The number of fused-ring (bicyclic) bond motifs is 1. The number of amides is 1. The summed E-state index contributed by atoms with van der Waals surface area (Å²) in [7, 11) is 0. The van der Waals surface area contributed by atoms with Gasteiger partial charge in [-0.1, -0.05) is 18.2 Å². The largest absolute Gasteiger partial charge is 0.480 e. The van der Waals surface area contributed by atoms with Crippen LogP contribution in [0.5, 0.6) is 0 Å². The zero-order valence-electron chi connectivity index (χ0n) is 13.5. The van der Waals surface area contributed by atoms with E-state index in [0.717, 1.165) is 11.8 Å². The van der Waals surface area contributed by atoms with Crippen molar-refractivity contribution in [1.29, 1.82) is 0 Å². The van der Waals surface area contributed by atoms with Crippen molar-refractivity contribution in [3.63, 3.8) is 0 Å². The Labute approximate surface area is 143 Å². The molecule has 2 aromatic rings. The van der Waals surface area contributed by atoms with Crippen molar-refractivity contribution in [3.05, 3.63) is 36.0 Å². The summed E-state index contributed by atoms with van der Waals surface area (Å²) >= 11 is 0. The van der Waals surface area contributed by atoms with Crippen molar-refractivity contribution in [2.75, 3.05) is 26.2 Å². The molecular weight excluding hydrogens is 326 g/mol. The number of piperazine rings is 1. The van der Waals surface area contributed by atoms with Crippen LogP contribution in [-0.2, 0) is 20.9 Å². The molecule has 1 aliphatic heterocycles. The highest BCUT2D eigenvalue weighted by Crippen LogP contribution is 2.31. The molecule has 1 fully saturated rings. The monoisotopic (exact) mass is 345 g/mol. The molecule has 132 valence electrons. The van der Waals surface area contributed by atoms with Gasteiger partial charge in [0.25, 0.3) is 0 Å². The summed E-state index contributed by atoms with van der Waals surface area (Å²) in [5.41, 5.74) is 1.27. The Morgan fingerprint density at radius 3 is 2.40 bits per heavy atom. The molecule has 1 amide bonds. The topological polar surface area (TPSA) is 103 Å². The molecule has 1 saturated heterocycles. The van der Waals surface area contributed by atoms with Gasteiger partial charge in [-0.3, -0.25) is 19.3 Å². The van der Waals surface area contributed by atoms with E-state index in [0.29, 0.717) is 37.3 Å². The molecule has 0 aliphatic carbocycles. The number of carbonyl (C=O) groups is 3. The van der Waals surface area contributed by atoms with Crippen LogP contribution in [0, 0.1) is 0 Å². The highest BCUT2D eigenvalue weighted by atomic mass is 16.4.